The van der Waals surface area contributed by atoms with E-state index in [1.807, 2.05) is 12.1 Å². The number of nitrogens with zero attached hydrogens (tertiary/aromatic N) is 3. The van der Waals surface area contributed by atoms with Gasteiger partial charge in [-0.2, -0.15) is 15.0 Å². The van der Waals surface area contributed by atoms with Crippen LogP contribution in [0.15, 0.2) is 66.7 Å². The first-order valence-electron chi connectivity index (χ1n) is 9.56. The normalized spacial score (nSPS) is 10.9. The van der Waals surface area contributed by atoms with E-state index < -0.39 is 0 Å². The van der Waals surface area contributed by atoms with Gasteiger partial charge in [0.25, 0.3) is 0 Å². The molecule has 0 radical (unpaired) electrons. The number of halogens is 4. The van der Waals surface area contributed by atoms with E-state index in [0.717, 1.165) is 5.56 Å². The van der Waals surface area contributed by atoms with Crippen molar-refractivity contribution in [3.05, 3.63) is 93.2 Å². The summed E-state index contributed by atoms with van der Waals surface area (Å²) >= 11 is 18.4. The van der Waals surface area contributed by atoms with E-state index in [9.17, 15) is 9.18 Å². The molecule has 0 saturated heterocycles. The molecule has 4 rings (SSSR count). The van der Waals surface area contributed by atoms with E-state index in [1.54, 1.807) is 42.5 Å². The zero-order chi connectivity index (χ0) is 22.7. The minimum absolute atomic E-state index is 0.124. The van der Waals surface area contributed by atoms with E-state index in [4.69, 9.17) is 34.8 Å². The Morgan fingerprint density at radius 2 is 1.62 bits per heavy atom. The first-order valence-corrected chi connectivity index (χ1v) is 10.7. The summed E-state index contributed by atoms with van der Waals surface area (Å²) in [4.78, 5) is 13.8. The van der Waals surface area contributed by atoms with Crippen molar-refractivity contribution < 1.29 is 9.18 Å². The number of aromatic nitrogens is 3. The molecular weight excluding hydrogens is 474 g/mol. The van der Waals surface area contributed by atoms with Crippen LogP contribution >= 0.6 is 34.8 Å². The summed E-state index contributed by atoms with van der Waals surface area (Å²) in [7, 11) is 0. The van der Waals surface area contributed by atoms with Gasteiger partial charge < -0.3 is 5.32 Å². The molecular formula is C23H16Cl3FN4O. The van der Waals surface area contributed by atoms with Crippen LogP contribution in [0.4, 0.5) is 4.39 Å². The van der Waals surface area contributed by atoms with E-state index in [0.29, 0.717) is 37.6 Å². The Labute approximate surface area is 198 Å². The molecule has 5 nitrogen and oxygen atoms in total. The summed E-state index contributed by atoms with van der Waals surface area (Å²) in [6.45, 7) is 0.0683. The van der Waals surface area contributed by atoms with Crippen LogP contribution in [0.2, 0.25) is 15.1 Å². The van der Waals surface area contributed by atoms with Gasteiger partial charge in [-0.1, -0.05) is 59.1 Å². The van der Waals surface area contributed by atoms with Gasteiger partial charge in [-0.3, -0.25) is 4.79 Å². The molecule has 0 aliphatic carbocycles. The summed E-state index contributed by atoms with van der Waals surface area (Å²) in [5.41, 5.74) is 3.10. The average molecular weight is 490 g/mol. The quantitative estimate of drug-likeness (QED) is 0.360. The Morgan fingerprint density at radius 3 is 2.34 bits per heavy atom. The Kier molecular flexibility index (Phi) is 6.74. The topological polar surface area (TPSA) is 59.8 Å². The number of benzene rings is 3. The zero-order valence-corrected chi connectivity index (χ0v) is 18.8. The summed E-state index contributed by atoms with van der Waals surface area (Å²) in [6, 6.07) is 18.2. The largest absolute Gasteiger partial charge is 0.350 e. The predicted molar refractivity (Wildman–Crippen MR) is 124 cm³/mol. The van der Waals surface area contributed by atoms with Crippen molar-refractivity contribution in [3.8, 4) is 22.5 Å². The van der Waals surface area contributed by atoms with Crippen LogP contribution < -0.4 is 5.32 Å². The van der Waals surface area contributed by atoms with E-state index in [-0.39, 0.29) is 24.8 Å². The van der Waals surface area contributed by atoms with Gasteiger partial charge >= 0.3 is 0 Å². The van der Waals surface area contributed by atoms with E-state index in [2.05, 4.69) is 15.5 Å². The first-order chi connectivity index (χ1) is 15.4. The number of carbonyl (C=O) groups is 1. The molecule has 32 heavy (non-hydrogen) atoms. The molecule has 3 aromatic carbocycles. The fourth-order valence-corrected chi connectivity index (χ4v) is 3.74. The van der Waals surface area contributed by atoms with Crippen LogP contribution in [-0.2, 0) is 17.9 Å². The highest BCUT2D eigenvalue weighted by Gasteiger charge is 2.19. The number of hydrogen-bond donors (Lipinski definition) is 1. The Balaban J connectivity index is 1.61. The molecule has 4 aromatic rings. The van der Waals surface area contributed by atoms with Crippen molar-refractivity contribution in [1.29, 1.82) is 0 Å². The van der Waals surface area contributed by atoms with Gasteiger partial charge in [0.05, 0.1) is 5.02 Å². The lowest BCUT2D eigenvalue weighted by Crippen LogP contribution is -2.28. The molecule has 0 spiro atoms. The maximum atomic E-state index is 13.3. The molecule has 0 fully saturated rings. The third-order valence-electron chi connectivity index (χ3n) is 4.62. The predicted octanol–water partition coefficient (Wildman–Crippen LogP) is 6.03. The minimum atomic E-state index is -0.359. The maximum Gasteiger partial charge on any atom is 0.243 e. The SMILES string of the molecule is O=C(Cn1nc(-c2ccc(Cl)cc2)c(-c2ccc(Cl)cc2Cl)n1)NCc1cccc(F)c1. The minimum Gasteiger partial charge on any atom is -0.350 e. The van der Waals surface area contributed by atoms with Gasteiger partial charge in [0, 0.05) is 27.7 Å². The third-order valence-corrected chi connectivity index (χ3v) is 5.42. The van der Waals surface area contributed by atoms with Crippen molar-refractivity contribution in [2.24, 2.45) is 0 Å². The van der Waals surface area contributed by atoms with Gasteiger partial charge in [-0.15, -0.1) is 0 Å². The first kappa shape index (κ1) is 22.3. The van der Waals surface area contributed by atoms with Gasteiger partial charge in [-0.05, 0) is 48.0 Å². The molecule has 0 saturated carbocycles. The number of rotatable bonds is 6. The summed E-state index contributed by atoms with van der Waals surface area (Å²) in [5, 5.41) is 13.2. The van der Waals surface area contributed by atoms with Crippen LogP contribution in [0.3, 0.4) is 0 Å². The maximum absolute atomic E-state index is 13.3. The van der Waals surface area contributed by atoms with Crippen LogP contribution in [0.5, 0.6) is 0 Å². The zero-order valence-electron chi connectivity index (χ0n) is 16.5. The van der Waals surface area contributed by atoms with Crippen molar-refractivity contribution in [3.63, 3.8) is 0 Å². The molecule has 0 bridgehead atoms. The second kappa shape index (κ2) is 9.69. The number of hydrogen-bond acceptors (Lipinski definition) is 3. The van der Waals surface area contributed by atoms with Crippen LogP contribution in [0.1, 0.15) is 5.56 Å². The van der Waals surface area contributed by atoms with Crippen LogP contribution in [0, 0.1) is 5.82 Å². The molecule has 0 aliphatic heterocycles. The lowest BCUT2D eigenvalue weighted by Gasteiger charge is -2.05. The lowest BCUT2D eigenvalue weighted by atomic mass is 10.1. The Bertz CT molecular complexity index is 1270. The van der Waals surface area contributed by atoms with Crippen molar-refractivity contribution in [2.75, 3.05) is 0 Å². The summed E-state index contributed by atoms with van der Waals surface area (Å²) < 4.78 is 13.3. The van der Waals surface area contributed by atoms with Gasteiger partial charge in [0.2, 0.25) is 5.91 Å². The highest BCUT2D eigenvalue weighted by molar-refractivity contribution is 6.36. The third kappa shape index (κ3) is 5.27. The van der Waals surface area contributed by atoms with Gasteiger partial charge in [0.15, 0.2) is 0 Å². The molecule has 9 heteroatoms. The van der Waals surface area contributed by atoms with Crippen molar-refractivity contribution in [1.82, 2.24) is 20.3 Å². The van der Waals surface area contributed by atoms with Crippen molar-refractivity contribution >= 4 is 40.7 Å². The van der Waals surface area contributed by atoms with Crippen molar-refractivity contribution in [2.45, 2.75) is 13.1 Å². The molecule has 1 heterocycles. The summed E-state index contributed by atoms with van der Waals surface area (Å²) in [6.07, 6.45) is 0. The fourth-order valence-electron chi connectivity index (χ4n) is 3.12. The molecule has 0 unspecified atom stereocenters. The van der Waals surface area contributed by atoms with Crippen LogP contribution in [-0.4, -0.2) is 20.9 Å². The van der Waals surface area contributed by atoms with E-state index in [1.165, 1.54) is 16.9 Å². The standard InChI is InChI=1S/C23H16Cl3FN4O/c24-16-6-4-15(5-7-16)22-23(19-9-8-17(25)11-20(19)26)30-31(29-22)13-21(32)28-12-14-2-1-3-18(27)10-14/h1-11H,12-13H2,(H,28,32). The number of amides is 1. The fraction of sp³-hybridized carbons (Fsp3) is 0.0870. The molecule has 0 atom stereocenters. The molecule has 1 amide bonds. The monoisotopic (exact) mass is 488 g/mol. The molecule has 1 N–H and O–H groups in total. The second-order valence-corrected chi connectivity index (χ2v) is 8.25. The molecule has 162 valence electrons. The summed E-state index contributed by atoms with van der Waals surface area (Å²) in [5.74, 6) is -0.678. The molecule has 1 aromatic heterocycles. The highest BCUT2D eigenvalue weighted by atomic mass is 35.5. The smallest absolute Gasteiger partial charge is 0.243 e. The second-order valence-electron chi connectivity index (χ2n) is 6.97. The number of nitrogens with one attached hydrogen (secondary N) is 1. The highest BCUT2D eigenvalue weighted by Crippen LogP contribution is 2.35. The lowest BCUT2D eigenvalue weighted by molar-refractivity contribution is -0.122. The van der Waals surface area contributed by atoms with Gasteiger partial charge in [-0.25, -0.2) is 4.39 Å². The Hall–Kier alpha value is -2.93. The average Bonchev–Trinajstić information content (AvgIpc) is 3.16. The molecule has 0 aliphatic rings. The Morgan fingerprint density at radius 1 is 0.906 bits per heavy atom. The number of carbonyl (C=O) groups excluding carboxylic acids is 1. The van der Waals surface area contributed by atoms with Crippen LogP contribution in [0.25, 0.3) is 22.5 Å². The van der Waals surface area contributed by atoms with E-state index >= 15 is 0 Å². The van der Waals surface area contributed by atoms with Gasteiger partial charge in [0.1, 0.15) is 23.7 Å².